The lowest BCUT2D eigenvalue weighted by atomic mass is 10.0. The van der Waals surface area contributed by atoms with E-state index in [0.717, 1.165) is 5.56 Å². The molecule has 1 spiro atoms. The van der Waals surface area contributed by atoms with E-state index >= 15 is 0 Å². The number of nitrogens with zero attached hydrogens (tertiary/aromatic N) is 2. The molecule has 3 aromatic carbocycles. The van der Waals surface area contributed by atoms with Gasteiger partial charge in [0, 0.05) is 29.0 Å². The first-order valence-electron chi connectivity index (χ1n) is 10.7. The molecule has 1 atom stereocenters. The minimum absolute atomic E-state index is 0.0830. The van der Waals surface area contributed by atoms with Crippen molar-refractivity contribution in [1.82, 2.24) is 4.90 Å². The van der Waals surface area contributed by atoms with Crippen LogP contribution < -0.4 is 9.64 Å². The smallest absolute Gasteiger partial charge is 0.268 e. The van der Waals surface area contributed by atoms with Crippen LogP contribution in [0.4, 0.5) is 10.1 Å². The summed E-state index contributed by atoms with van der Waals surface area (Å²) >= 11 is 1.44. The summed E-state index contributed by atoms with van der Waals surface area (Å²) < 4.78 is 19.9. The summed E-state index contributed by atoms with van der Waals surface area (Å²) in [6.07, 6.45) is 0. The third kappa shape index (κ3) is 3.38. The number of benzene rings is 3. The number of ether oxygens (including phenoxy) is 1. The highest BCUT2D eigenvalue weighted by Gasteiger charge is 2.59. The van der Waals surface area contributed by atoms with E-state index in [9.17, 15) is 14.0 Å². The van der Waals surface area contributed by atoms with Crippen LogP contribution in [0.1, 0.15) is 27.0 Å². The predicted octanol–water partition coefficient (Wildman–Crippen LogP) is 4.73. The lowest BCUT2D eigenvalue weighted by Gasteiger charge is -2.33. The van der Waals surface area contributed by atoms with Gasteiger partial charge in [0.05, 0.1) is 19.3 Å². The third-order valence-electron chi connectivity index (χ3n) is 6.23. The van der Waals surface area contributed by atoms with E-state index < -0.39 is 4.87 Å². The van der Waals surface area contributed by atoms with Crippen LogP contribution in [0.2, 0.25) is 0 Å². The number of thioether (sulfide) groups is 1. The van der Waals surface area contributed by atoms with Crippen LogP contribution in [-0.2, 0) is 16.2 Å². The highest BCUT2D eigenvalue weighted by Crippen LogP contribution is 2.55. The van der Waals surface area contributed by atoms with Crippen molar-refractivity contribution in [3.05, 3.63) is 94.8 Å². The second-order valence-corrected chi connectivity index (χ2v) is 9.47. The van der Waals surface area contributed by atoms with Crippen LogP contribution in [0.25, 0.3) is 0 Å². The molecule has 0 aliphatic carbocycles. The van der Waals surface area contributed by atoms with Crippen molar-refractivity contribution in [2.75, 3.05) is 24.3 Å². The molecule has 1 unspecified atom stereocenters. The van der Waals surface area contributed by atoms with Crippen molar-refractivity contribution in [2.24, 2.45) is 0 Å². The first kappa shape index (κ1) is 21.5. The molecule has 3 aromatic rings. The summed E-state index contributed by atoms with van der Waals surface area (Å²) in [7, 11) is 1.57. The van der Waals surface area contributed by atoms with Crippen molar-refractivity contribution < 1.29 is 18.7 Å². The van der Waals surface area contributed by atoms with Gasteiger partial charge in [0.1, 0.15) is 11.6 Å². The van der Waals surface area contributed by atoms with Crippen LogP contribution in [0.15, 0.2) is 66.7 Å². The van der Waals surface area contributed by atoms with Gasteiger partial charge in [-0.15, -0.1) is 11.8 Å². The van der Waals surface area contributed by atoms with Crippen LogP contribution in [-0.4, -0.2) is 36.1 Å². The largest absolute Gasteiger partial charge is 0.497 e. The molecule has 168 valence electrons. The lowest BCUT2D eigenvalue weighted by molar-refractivity contribution is -0.123. The summed E-state index contributed by atoms with van der Waals surface area (Å²) in [5.74, 6) is 0.414. The van der Waals surface area contributed by atoms with Gasteiger partial charge in [-0.05, 0) is 43.3 Å². The van der Waals surface area contributed by atoms with Gasteiger partial charge in [0.15, 0.2) is 4.87 Å². The van der Waals surface area contributed by atoms with E-state index in [4.69, 9.17) is 4.74 Å². The molecule has 2 aliphatic rings. The Morgan fingerprint density at radius 2 is 1.88 bits per heavy atom. The fraction of sp³-hybridized carbons (Fsp3) is 0.231. The summed E-state index contributed by atoms with van der Waals surface area (Å²) in [4.78, 5) is 29.7. The summed E-state index contributed by atoms with van der Waals surface area (Å²) in [6, 6.07) is 19.2. The van der Waals surface area contributed by atoms with Crippen molar-refractivity contribution in [1.29, 1.82) is 0 Å². The van der Waals surface area contributed by atoms with Gasteiger partial charge in [-0.25, -0.2) is 4.39 Å². The number of halogens is 1. The second-order valence-electron chi connectivity index (χ2n) is 8.18. The zero-order chi connectivity index (χ0) is 23.2. The molecule has 2 amide bonds. The van der Waals surface area contributed by atoms with Gasteiger partial charge >= 0.3 is 0 Å². The minimum atomic E-state index is -1.21. The maximum Gasteiger partial charge on any atom is 0.268 e. The molecule has 33 heavy (non-hydrogen) atoms. The highest BCUT2D eigenvalue weighted by molar-refractivity contribution is 8.01. The fourth-order valence-electron chi connectivity index (χ4n) is 4.53. The van der Waals surface area contributed by atoms with E-state index in [1.54, 1.807) is 53.3 Å². The number of carbonyl (C=O) groups excluding carboxylic acids is 2. The van der Waals surface area contributed by atoms with E-state index in [0.29, 0.717) is 40.4 Å². The molecule has 2 aliphatic heterocycles. The minimum Gasteiger partial charge on any atom is -0.497 e. The Labute approximate surface area is 196 Å². The Morgan fingerprint density at radius 1 is 1.12 bits per heavy atom. The Balaban J connectivity index is 1.62. The highest BCUT2D eigenvalue weighted by atomic mass is 32.2. The molecule has 0 bridgehead atoms. The Morgan fingerprint density at radius 3 is 2.61 bits per heavy atom. The van der Waals surface area contributed by atoms with E-state index in [2.05, 4.69) is 0 Å². The Kier molecular flexibility index (Phi) is 5.37. The Hall–Kier alpha value is -3.32. The van der Waals surface area contributed by atoms with Crippen LogP contribution in [0, 0.1) is 12.7 Å². The number of rotatable bonds is 4. The van der Waals surface area contributed by atoms with Crippen molar-refractivity contribution in [3.8, 4) is 5.75 Å². The average Bonchev–Trinajstić information content (AvgIpc) is 3.37. The molecule has 1 saturated heterocycles. The summed E-state index contributed by atoms with van der Waals surface area (Å²) in [5, 5.41) is 0. The molecule has 0 radical (unpaired) electrons. The average molecular weight is 463 g/mol. The lowest BCUT2D eigenvalue weighted by Crippen LogP contribution is -2.50. The number of aryl methyl sites for hydroxylation is 1. The molecular weight excluding hydrogens is 439 g/mol. The predicted molar refractivity (Wildman–Crippen MR) is 127 cm³/mol. The summed E-state index contributed by atoms with van der Waals surface area (Å²) in [6.45, 7) is 2.48. The zero-order valence-electron chi connectivity index (χ0n) is 18.4. The van der Waals surface area contributed by atoms with E-state index in [1.807, 2.05) is 31.2 Å². The topological polar surface area (TPSA) is 49.9 Å². The van der Waals surface area contributed by atoms with Gasteiger partial charge in [0.2, 0.25) is 0 Å². The van der Waals surface area contributed by atoms with Crippen molar-refractivity contribution in [2.45, 2.75) is 18.3 Å². The number of fused-ring (bicyclic) bond motifs is 2. The third-order valence-corrected chi connectivity index (χ3v) is 7.65. The van der Waals surface area contributed by atoms with Gasteiger partial charge in [-0.2, -0.15) is 0 Å². The second kappa shape index (κ2) is 8.23. The maximum atomic E-state index is 14.5. The summed E-state index contributed by atoms with van der Waals surface area (Å²) in [5.41, 5.74) is 3.38. The monoisotopic (exact) mass is 462 g/mol. The van der Waals surface area contributed by atoms with Crippen molar-refractivity contribution >= 4 is 29.3 Å². The first-order valence-corrected chi connectivity index (χ1v) is 11.7. The zero-order valence-corrected chi connectivity index (χ0v) is 19.2. The number of methoxy groups -OCH3 is 1. The van der Waals surface area contributed by atoms with Crippen LogP contribution >= 0.6 is 11.8 Å². The van der Waals surface area contributed by atoms with Gasteiger partial charge in [-0.1, -0.05) is 35.9 Å². The SMILES string of the molecule is COc1ccc2c(c1)C1(SCCN1C(=O)c1ccc(C)cc1)C(=O)N2Cc1ccccc1F. The van der Waals surface area contributed by atoms with Crippen molar-refractivity contribution in [3.63, 3.8) is 0 Å². The van der Waals surface area contributed by atoms with E-state index in [-0.39, 0.29) is 24.2 Å². The quantitative estimate of drug-likeness (QED) is 0.563. The number of carbonyl (C=O) groups is 2. The number of anilines is 1. The first-order chi connectivity index (χ1) is 16.0. The normalized spacial score (nSPS) is 19.3. The molecule has 5 nitrogen and oxygen atoms in total. The van der Waals surface area contributed by atoms with Crippen LogP contribution in [0.5, 0.6) is 5.75 Å². The van der Waals surface area contributed by atoms with E-state index in [1.165, 1.54) is 17.8 Å². The van der Waals surface area contributed by atoms with Gasteiger partial charge in [-0.3, -0.25) is 9.59 Å². The fourth-order valence-corrected chi connectivity index (χ4v) is 5.98. The maximum absolute atomic E-state index is 14.5. The molecule has 0 aromatic heterocycles. The Bertz CT molecular complexity index is 1250. The number of hydrogen-bond donors (Lipinski definition) is 0. The number of amides is 2. The standard InChI is InChI=1S/C26H23FN2O3S/c1-17-7-9-18(10-8-17)24(30)29-13-14-33-26(29)21-15-20(32-2)11-12-23(21)28(25(26)31)16-19-5-3-4-6-22(19)27/h3-12,15H,13-14,16H2,1-2H3. The van der Waals surface area contributed by atoms with Gasteiger partial charge in [0.25, 0.3) is 11.8 Å². The van der Waals surface area contributed by atoms with Crippen LogP contribution in [0.3, 0.4) is 0 Å². The molecule has 2 heterocycles. The molecule has 5 rings (SSSR count). The number of hydrogen-bond acceptors (Lipinski definition) is 4. The molecular formula is C26H23FN2O3S. The molecule has 7 heteroatoms. The molecule has 0 saturated carbocycles. The van der Waals surface area contributed by atoms with Gasteiger partial charge < -0.3 is 14.5 Å². The molecule has 1 fully saturated rings. The molecule has 0 N–H and O–H groups in total.